The first-order valence-corrected chi connectivity index (χ1v) is 6.67. The maximum Gasteiger partial charge on any atom is 0.128 e. The summed E-state index contributed by atoms with van der Waals surface area (Å²) in [5.41, 5.74) is 0.626. The molecule has 1 aliphatic heterocycles. The molecule has 4 nitrogen and oxygen atoms in total. The fraction of sp³-hybridized carbons (Fsp3) is 0.571. The minimum atomic E-state index is 0.626. The van der Waals surface area contributed by atoms with E-state index in [9.17, 15) is 0 Å². The summed E-state index contributed by atoms with van der Waals surface area (Å²) in [4.78, 5) is 9.20. The molecule has 0 saturated carbocycles. The Balaban J connectivity index is 1.98. The van der Waals surface area contributed by atoms with E-state index in [2.05, 4.69) is 27.8 Å². The van der Waals surface area contributed by atoms with Crippen molar-refractivity contribution in [3.05, 3.63) is 23.9 Å². The maximum absolute atomic E-state index is 8.77. The molecule has 1 aromatic heterocycles. The fourth-order valence-electron chi connectivity index (χ4n) is 2.38. The van der Waals surface area contributed by atoms with Crippen LogP contribution in [0.5, 0.6) is 0 Å². The summed E-state index contributed by atoms with van der Waals surface area (Å²) >= 11 is 0. The standard InChI is InChI=1S/C14H20N4/c1-2-6-17-7-3-8-18(10-9-17)14-5-4-13(11-15)12-16-14/h4-5,12H,2-3,6-10H2,1H3. The van der Waals surface area contributed by atoms with E-state index in [4.69, 9.17) is 5.26 Å². The molecule has 0 bridgehead atoms. The molecule has 2 heterocycles. The van der Waals surface area contributed by atoms with Crippen LogP contribution in [0.3, 0.4) is 0 Å². The molecule has 1 aliphatic rings. The first-order chi connectivity index (χ1) is 8.83. The number of anilines is 1. The van der Waals surface area contributed by atoms with Gasteiger partial charge in [0.25, 0.3) is 0 Å². The van der Waals surface area contributed by atoms with Crippen LogP contribution in [0.2, 0.25) is 0 Å². The van der Waals surface area contributed by atoms with Gasteiger partial charge in [0.05, 0.1) is 5.56 Å². The summed E-state index contributed by atoms with van der Waals surface area (Å²) in [7, 11) is 0. The summed E-state index contributed by atoms with van der Waals surface area (Å²) in [5, 5.41) is 8.77. The van der Waals surface area contributed by atoms with Crippen molar-refractivity contribution < 1.29 is 0 Å². The van der Waals surface area contributed by atoms with Crippen molar-refractivity contribution in [2.75, 3.05) is 37.6 Å². The normalized spacial score (nSPS) is 17.2. The van der Waals surface area contributed by atoms with E-state index >= 15 is 0 Å². The Morgan fingerprint density at radius 3 is 2.83 bits per heavy atom. The average molecular weight is 244 g/mol. The second-order valence-electron chi connectivity index (χ2n) is 4.70. The fourth-order valence-corrected chi connectivity index (χ4v) is 2.38. The van der Waals surface area contributed by atoms with E-state index in [1.165, 1.54) is 25.9 Å². The molecule has 0 spiro atoms. The largest absolute Gasteiger partial charge is 0.355 e. The Labute approximate surface area is 109 Å². The smallest absolute Gasteiger partial charge is 0.128 e. The zero-order valence-corrected chi connectivity index (χ0v) is 11.0. The third kappa shape index (κ3) is 3.21. The molecule has 0 N–H and O–H groups in total. The highest BCUT2D eigenvalue weighted by molar-refractivity contribution is 5.41. The van der Waals surface area contributed by atoms with Gasteiger partial charge in [-0.15, -0.1) is 0 Å². The molecule has 0 atom stereocenters. The van der Waals surface area contributed by atoms with Crippen molar-refractivity contribution in [2.24, 2.45) is 0 Å². The Morgan fingerprint density at radius 2 is 2.17 bits per heavy atom. The minimum absolute atomic E-state index is 0.626. The first kappa shape index (κ1) is 12.8. The Hall–Kier alpha value is -1.60. The van der Waals surface area contributed by atoms with Crippen LogP contribution in [-0.2, 0) is 0 Å². The molecule has 96 valence electrons. The monoisotopic (exact) mass is 244 g/mol. The quantitative estimate of drug-likeness (QED) is 0.814. The summed E-state index contributed by atoms with van der Waals surface area (Å²) in [6.07, 6.45) is 4.06. The molecule has 18 heavy (non-hydrogen) atoms. The Kier molecular flexibility index (Phi) is 4.54. The number of hydrogen-bond acceptors (Lipinski definition) is 4. The summed E-state index contributed by atoms with van der Waals surface area (Å²) in [5.74, 6) is 0.993. The van der Waals surface area contributed by atoms with Crippen LogP contribution in [0.1, 0.15) is 25.3 Å². The van der Waals surface area contributed by atoms with Gasteiger partial charge >= 0.3 is 0 Å². The molecular formula is C14H20N4. The number of hydrogen-bond donors (Lipinski definition) is 0. The number of rotatable bonds is 3. The van der Waals surface area contributed by atoms with Gasteiger partial charge in [0.2, 0.25) is 0 Å². The molecule has 1 fully saturated rings. The molecular weight excluding hydrogens is 224 g/mol. The molecule has 1 saturated heterocycles. The van der Waals surface area contributed by atoms with E-state index in [0.717, 1.165) is 25.5 Å². The number of nitriles is 1. The van der Waals surface area contributed by atoms with Crippen molar-refractivity contribution in [2.45, 2.75) is 19.8 Å². The van der Waals surface area contributed by atoms with E-state index in [0.29, 0.717) is 5.56 Å². The van der Waals surface area contributed by atoms with Gasteiger partial charge in [0.15, 0.2) is 0 Å². The van der Waals surface area contributed by atoms with Crippen molar-refractivity contribution in [1.29, 1.82) is 5.26 Å². The molecule has 0 amide bonds. The van der Waals surface area contributed by atoms with Crippen LogP contribution in [0, 0.1) is 11.3 Å². The Morgan fingerprint density at radius 1 is 1.28 bits per heavy atom. The highest BCUT2D eigenvalue weighted by Crippen LogP contribution is 2.14. The third-order valence-corrected chi connectivity index (χ3v) is 3.33. The average Bonchev–Trinajstić information content (AvgIpc) is 2.65. The molecule has 0 radical (unpaired) electrons. The van der Waals surface area contributed by atoms with Crippen molar-refractivity contribution >= 4 is 5.82 Å². The van der Waals surface area contributed by atoms with Gasteiger partial charge in [-0.25, -0.2) is 4.98 Å². The SMILES string of the molecule is CCCN1CCCN(c2ccc(C#N)cn2)CC1. The lowest BCUT2D eigenvalue weighted by molar-refractivity contribution is 0.294. The van der Waals surface area contributed by atoms with E-state index < -0.39 is 0 Å². The van der Waals surface area contributed by atoms with Crippen LogP contribution in [0.15, 0.2) is 18.3 Å². The van der Waals surface area contributed by atoms with Gasteiger partial charge in [0.1, 0.15) is 11.9 Å². The lowest BCUT2D eigenvalue weighted by Gasteiger charge is -2.22. The second kappa shape index (κ2) is 6.36. The zero-order valence-electron chi connectivity index (χ0n) is 11.0. The van der Waals surface area contributed by atoms with Crippen molar-refractivity contribution in [1.82, 2.24) is 9.88 Å². The van der Waals surface area contributed by atoms with Gasteiger partial charge < -0.3 is 9.80 Å². The lowest BCUT2D eigenvalue weighted by atomic mass is 10.3. The first-order valence-electron chi connectivity index (χ1n) is 6.67. The van der Waals surface area contributed by atoms with E-state index in [-0.39, 0.29) is 0 Å². The number of pyridine rings is 1. The molecule has 1 aromatic rings. The van der Waals surface area contributed by atoms with Gasteiger partial charge in [-0.1, -0.05) is 6.92 Å². The van der Waals surface area contributed by atoms with E-state index in [1.54, 1.807) is 6.20 Å². The maximum atomic E-state index is 8.77. The Bertz CT molecular complexity index is 407. The molecule has 0 unspecified atom stereocenters. The highest BCUT2D eigenvalue weighted by Gasteiger charge is 2.15. The van der Waals surface area contributed by atoms with Crippen LogP contribution in [0.25, 0.3) is 0 Å². The summed E-state index contributed by atoms with van der Waals surface area (Å²) < 4.78 is 0. The van der Waals surface area contributed by atoms with Gasteiger partial charge in [0, 0.05) is 25.8 Å². The molecule has 2 rings (SSSR count). The lowest BCUT2D eigenvalue weighted by Crippen LogP contribution is -2.31. The number of aromatic nitrogens is 1. The van der Waals surface area contributed by atoms with Crippen LogP contribution in [0.4, 0.5) is 5.82 Å². The molecule has 0 aromatic carbocycles. The molecule has 4 heteroatoms. The van der Waals surface area contributed by atoms with Gasteiger partial charge in [-0.2, -0.15) is 5.26 Å². The van der Waals surface area contributed by atoms with E-state index in [1.807, 2.05) is 12.1 Å². The van der Waals surface area contributed by atoms with Crippen LogP contribution >= 0.6 is 0 Å². The predicted octanol–water partition coefficient (Wildman–Crippen LogP) is 1.88. The van der Waals surface area contributed by atoms with Gasteiger partial charge in [-0.3, -0.25) is 0 Å². The van der Waals surface area contributed by atoms with Crippen molar-refractivity contribution in [3.63, 3.8) is 0 Å². The minimum Gasteiger partial charge on any atom is -0.355 e. The molecule has 0 aliphatic carbocycles. The van der Waals surface area contributed by atoms with Crippen LogP contribution in [-0.4, -0.2) is 42.6 Å². The third-order valence-electron chi connectivity index (χ3n) is 3.33. The van der Waals surface area contributed by atoms with Crippen molar-refractivity contribution in [3.8, 4) is 6.07 Å². The van der Waals surface area contributed by atoms with Crippen LogP contribution < -0.4 is 4.90 Å². The second-order valence-corrected chi connectivity index (χ2v) is 4.70. The number of nitrogens with zero attached hydrogens (tertiary/aromatic N) is 4. The summed E-state index contributed by atoms with van der Waals surface area (Å²) in [6, 6.07) is 5.90. The predicted molar refractivity (Wildman–Crippen MR) is 72.5 cm³/mol. The van der Waals surface area contributed by atoms with Gasteiger partial charge in [-0.05, 0) is 38.1 Å². The zero-order chi connectivity index (χ0) is 12.8. The topological polar surface area (TPSA) is 43.2 Å². The summed E-state index contributed by atoms with van der Waals surface area (Å²) in [6.45, 7) is 7.79. The highest BCUT2D eigenvalue weighted by atomic mass is 15.2.